The van der Waals surface area contributed by atoms with Crippen LogP contribution in [-0.4, -0.2) is 19.9 Å². The van der Waals surface area contributed by atoms with E-state index in [2.05, 4.69) is 22.1 Å². The van der Waals surface area contributed by atoms with E-state index in [0.29, 0.717) is 10.0 Å². The lowest BCUT2D eigenvalue weighted by atomic mass is 10.1. The molecule has 4 aromatic carbocycles. The lowest BCUT2D eigenvalue weighted by molar-refractivity contribution is 1.42. The molecule has 4 nitrogen and oxygen atoms in total. The molecule has 0 saturated heterocycles. The van der Waals surface area contributed by atoms with Crippen LogP contribution in [0.1, 0.15) is 0 Å². The summed E-state index contributed by atoms with van der Waals surface area (Å²) in [6, 6.07) is 19.9. The van der Waals surface area contributed by atoms with Gasteiger partial charge < -0.3 is 9.97 Å². The van der Waals surface area contributed by atoms with E-state index in [9.17, 15) is 0 Å². The van der Waals surface area contributed by atoms with Crippen LogP contribution >= 0.6 is 23.2 Å². The van der Waals surface area contributed by atoms with Crippen LogP contribution in [-0.2, 0) is 0 Å². The Bertz CT molecular complexity index is 1690. The second-order valence-corrected chi connectivity index (χ2v) is 8.44. The molecule has 0 aliphatic rings. The second kappa shape index (κ2) is 5.63. The lowest BCUT2D eigenvalue weighted by Gasteiger charge is -2.05. The highest BCUT2D eigenvalue weighted by Crippen LogP contribution is 2.36. The smallest absolute Gasteiger partial charge is 0.0994 e. The number of nitrogens with zero attached hydrogens (tertiary/aromatic N) is 2. The first-order valence-corrected chi connectivity index (χ1v) is 10.3. The SMILES string of the molecule is Clc1ccc2[nH]c3ccc4nc5c(ccc6[nH]c7ccc(Cl)cc7c65)nc4c3c2c1. The highest BCUT2D eigenvalue weighted by atomic mass is 35.5. The van der Waals surface area contributed by atoms with Crippen molar-refractivity contribution in [3.8, 4) is 0 Å². The van der Waals surface area contributed by atoms with Gasteiger partial charge in [-0.3, -0.25) is 0 Å². The third kappa shape index (κ3) is 2.12. The highest BCUT2D eigenvalue weighted by molar-refractivity contribution is 6.33. The summed E-state index contributed by atoms with van der Waals surface area (Å²) < 4.78 is 0. The van der Waals surface area contributed by atoms with Crippen molar-refractivity contribution in [1.29, 1.82) is 0 Å². The molecule has 0 radical (unpaired) electrons. The molecule has 142 valence electrons. The van der Waals surface area contributed by atoms with E-state index >= 15 is 0 Å². The van der Waals surface area contributed by atoms with Crippen LogP contribution < -0.4 is 0 Å². The van der Waals surface area contributed by atoms with Crippen molar-refractivity contribution in [2.24, 2.45) is 0 Å². The molecule has 7 aromatic rings. The number of H-pyrrole nitrogens is 2. The average molecular weight is 427 g/mol. The van der Waals surface area contributed by atoms with Gasteiger partial charge in [0.2, 0.25) is 0 Å². The number of halogens is 2. The fraction of sp³-hybridized carbons (Fsp3) is 0. The van der Waals surface area contributed by atoms with E-state index < -0.39 is 0 Å². The van der Waals surface area contributed by atoms with Crippen LogP contribution in [0, 0.1) is 0 Å². The molecule has 3 heterocycles. The van der Waals surface area contributed by atoms with Crippen LogP contribution in [0.3, 0.4) is 0 Å². The number of rotatable bonds is 0. The van der Waals surface area contributed by atoms with Crippen LogP contribution in [0.5, 0.6) is 0 Å². The molecule has 7 rings (SSSR count). The van der Waals surface area contributed by atoms with E-state index in [4.69, 9.17) is 33.2 Å². The van der Waals surface area contributed by atoms with E-state index in [1.807, 2.05) is 48.5 Å². The highest BCUT2D eigenvalue weighted by Gasteiger charge is 2.15. The van der Waals surface area contributed by atoms with Gasteiger partial charge in [0.15, 0.2) is 0 Å². The molecule has 0 fully saturated rings. The number of benzene rings is 4. The zero-order valence-corrected chi connectivity index (χ0v) is 16.9. The summed E-state index contributed by atoms with van der Waals surface area (Å²) in [5.41, 5.74) is 7.54. The second-order valence-electron chi connectivity index (χ2n) is 7.57. The van der Waals surface area contributed by atoms with Gasteiger partial charge in [-0.15, -0.1) is 0 Å². The molecule has 0 aliphatic carbocycles. The molecule has 0 aliphatic heterocycles. The summed E-state index contributed by atoms with van der Waals surface area (Å²) in [5, 5.41) is 5.59. The van der Waals surface area contributed by atoms with Gasteiger partial charge in [0.05, 0.1) is 22.1 Å². The van der Waals surface area contributed by atoms with Gasteiger partial charge in [-0.2, -0.15) is 0 Å². The number of aromatic nitrogens is 4. The van der Waals surface area contributed by atoms with Gasteiger partial charge in [0.25, 0.3) is 0 Å². The predicted octanol–water partition coefficient (Wildman–Crippen LogP) is 7.36. The number of hydrogen-bond donors (Lipinski definition) is 2. The fourth-order valence-electron chi connectivity index (χ4n) is 4.52. The molecular weight excluding hydrogens is 415 g/mol. The van der Waals surface area contributed by atoms with Gasteiger partial charge in [-0.05, 0) is 60.7 Å². The quantitative estimate of drug-likeness (QED) is 0.249. The number of hydrogen-bond acceptors (Lipinski definition) is 2. The van der Waals surface area contributed by atoms with Crippen molar-refractivity contribution in [3.63, 3.8) is 0 Å². The van der Waals surface area contributed by atoms with Crippen LogP contribution in [0.4, 0.5) is 0 Å². The molecule has 6 heteroatoms. The number of fused-ring (bicyclic) bond motifs is 10. The summed E-state index contributed by atoms with van der Waals surface area (Å²) in [4.78, 5) is 17.0. The zero-order valence-electron chi connectivity index (χ0n) is 15.4. The first kappa shape index (κ1) is 16.5. The number of aromatic amines is 2. The molecule has 3 aromatic heterocycles. The molecule has 30 heavy (non-hydrogen) atoms. The summed E-state index contributed by atoms with van der Waals surface area (Å²) in [5.74, 6) is 0. The third-order valence-corrected chi connectivity index (χ3v) is 6.29. The Hall–Kier alpha value is -3.34. The normalized spacial score (nSPS) is 12.3. The Morgan fingerprint density at radius 3 is 1.43 bits per heavy atom. The molecule has 2 N–H and O–H groups in total. The van der Waals surface area contributed by atoms with Crippen LogP contribution in [0.2, 0.25) is 10.0 Å². The van der Waals surface area contributed by atoms with Crippen LogP contribution in [0.25, 0.3) is 65.7 Å². The van der Waals surface area contributed by atoms with Crippen molar-refractivity contribution in [1.82, 2.24) is 19.9 Å². The van der Waals surface area contributed by atoms with Gasteiger partial charge >= 0.3 is 0 Å². The minimum absolute atomic E-state index is 0.700. The lowest BCUT2D eigenvalue weighted by Crippen LogP contribution is -1.89. The average Bonchev–Trinajstić information content (AvgIpc) is 3.30. The van der Waals surface area contributed by atoms with E-state index in [1.165, 1.54) is 0 Å². The van der Waals surface area contributed by atoms with Gasteiger partial charge in [0.1, 0.15) is 0 Å². The summed E-state index contributed by atoms with van der Waals surface area (Å²) in [6.45, 7) is 0. The summed E-state index contributed by atoms with van der Waals surface area (Å²) in [6.07, 6.45) is 0. The van der Waals surface area contributed by atoms with E-state index in [1.54, 1.807) is 0 Å². The Morgan fingerprint density at radius 2 is 0.967 bits per heavy atom. The molecule has 0 unspecified atom stereocenters. The topological polar surface area (TPSA) is 57.4 Å². The van der Waals surface area contributed by atoms with Crippen molar-refractivity contribution in [2.45, 2.75) is 0 Å². The maximum Gasteiger partial charge on any atom is 0.0994 e. The Morgan fingerprint density at radius 1 is 0.533 bits per heavy atom. The Kier molecular flexibility index (Phi) is 3.09. The predicted molar refractivity (Wildman–Crippen MR) is 126 cm³/mol. The van der Waals surface area contributed by atoms with Gasteiger partial charge in [-0.1, -0.05) is 23.2 Å². The first-order chi connectivity index (χ1) is 14.7. The molecule has 0 bridgehead atoms. The summed E-state index contributed by atoms with van der Waals surface area (Å²) >= 11 is 12.6. The summed E-state index contributed by atoms with van der Waals surface area (Å²) in [7, 11) is 0. The van der Waals surface area contributed by atoms with Crippen LogP contribution in [0.15, 0.2) is 60.7 Å². The first-order valence-electron chi connectivity index (χ1n) is 9.57. The largest absolute Gasteiger partial charge is 0.354 e. The molecule has 0 spiro atoms. The van der Waals surface area contributed by atoms with Crippen molar-refractivity contribution < 1.29 is 0 Å². The van der Waals surface area contributed by atoms with E-state index in [0.717, 1.165) is 65.7 Å². The Balaban J connectivity index is 1.69. The Labute approximate surface area is 179 Å². The molecule has 0 saturated carbocycles. The van der Waals surface area contributed by atoms with Gasteiger partial charge in [0, 0.05) is 53.7 Å². The standard InChI is InChI=1S/C24H12Cl2N4/c25-11-1-3-15-13(9-11)21-17(27-15)5-7-19-23(21)29-20-8-6-18-22(24(20)30-19)14-10-12(26)2-4-16(14)28-18/h1-10,27-28H. The third-order valence-electron chi connectivity index (χ3n) is 5.82. The molecule has 0 atom stereocenters. The minimum Gasteiger partial charge on any atom is -0.354 e. The molecular formula is C24H12Cl2N4. The minimum atomic E-state index is 0.700. The fourth-order valence-corrected chi connectivity index (χ4v) is 4.86. The van der Waals surface area contributed by atoms with Crippen molar-refractivity contribution in [2.75, 3.05) is 0 Å². The van der Waals surface area contributed by atoms with Gasteiger partial charge in [-0.25, -0.2) is 9.97 Å². The maximum atomic E-state index is 6.28. The zero-order chi connectivity index (χ0) is 20.0. The maximum absolute atomic E-state index is 6.28. The van der Waals surface area contributed by atoms with E-state index in [-0.39, 0.29) is 0 Å². The van der Waals surface area contributed by atoms with Crippen molar-refractivity contribution in [3.05, 3.63) is 70.7 Å². The monoisotopic (exact) mass is 426 g/mol. The number of nitrogens with one attached hydrogen (secondary N) is 2. The van der Waals surface area contributed by atoms with Crippen molar-refractivity contribution >= 4 is 88.9 Å². The molecule has 0 amide bonds.